The predicted molar refractivity (Wildman–Crippen MR) is 103 cm³/mol. The van der Waals surface area contributed by atoms with E-state index in [1.165, 1.54) is 6.42 Å². The van der Waals surface area contributed by atoms with Crippen molar-refractivity contribution in [2.75, 3.05) is 39.8 Å². The lowest BCUT2D eigenvalue weighted by Crippen LogP contribution is -2.50. The minimum atomic E-state index is -0.0307. The van der Waals surface area contributed by atoms with Crippen molar-refractivity contribution in [2.24, 2.45) is 11.8 Å². The molecule has 2 amide bonds. The molecule has 2 aliphatic rings. The third-order valence-corrected chi connectivity index (χ3v) is 5.64. The lowest BCUT2D eigenvalue weighted by molar-refractivity contribution is -0.142. The molecule has 0 aliphatic carbocycles. The van der Waals surface area contributed by atoms with E-state index in [2.05, 4.69) is 5.32 Å². The van der Waals surface area contributed by atoms with Crippen LogP contribution in [-0.2, 0) is 16.0 Å². The molecule has 0 bridgehead atoms. The Bertz CT molecular complexity index is 603. The molecule has 0 spiro atoms. The van der Waals surface area contributed by atoms with Gasteiger partial charge in [-0.2, -0.15) is 0 Å². The number of carbonyl (C=O) groups is 2. The number of likely N-dealkylation sites (tertiary alicyclic amines) is 2. The van der Waals surface area contributed by atoms with Crippen LogP contribution in [0.2, 0.25) is 0 Å². The minimum Gasteiger partial charge on any atom is -0.342 e. The molecule has 2 saturated heterocycles. The zero-order valence-corrected chi connectivity index (χ0v) is 15.8. The predicted octanol–water partition coefficient (Wildman–Crippen LogP) is 1.93. The Morgan fingerprint density at radius 1 is 1.04 bits per heavy atom. The van der Waals surface area contributed by atoms with Crippen LogP contribution in [0.4, 0.5) is 0 Å². The molecule has 142 valence electrons. The van der Waals surface area contributed by atoms with E-state index in [0.717, 1.165) is 51.0 Å². The van der Waals surface area contributed by atoms with E-state index >= 15 is 0 Å². The van der Waals surface area contributed by atoms with Gasteiger partial charge in [0.25, 0.3) is 0 Å². The van der Waals surface area contributed by atoms with Crippen LogP contribution in [0.3, 0.4) is 0 Å². The topological polar surface area (TPSA) is 52.7 Å². The van der Waals surface area contributed by atoms with Crippen molar-refractivity contribution in [1.82, 2.24) is 15.1 Å². The highest BCUT2D eigenvalue weighted by Crippen LogP contribution is 2.23. The van der Waals surface area contributed by atoms with Gasteiger partial charge in [-0.05, 0) is 50.8 Å². The molecule has 2 unspecified atom stereocenters. The Kier molecular flexibility index (Phi) is 6.67. The van der Waals surface area contributed by atoms with Gasteiger partial charge in [0.05, 0.1) is 12.3 Å². The summed E-state index contributed by atoms with van der Waals surface area (Å²) in [7, 11) is 1.97. The fraction of sp³-hybridized carbons (Fsp3) is 0.619. The second-order valence-electron chi connectivity index (χ2n) is 7.69. The number of carbonyl (C=O) groups excluding carboxylic acids is 2. The van der Waals surface area contributed by atoms with Crippen LogP contribution < -0.4 is 5.32 Å². The molecule has 2 fully saturated rings. The van der Waals surface area contributed by atoms with Gasteiger partial charge in [-0.1, -0.05) is 30.3 Å². The van der Waals surface area contributed by atoms with Crippen LogP contribution in [0.25, 0.3) is 0 Å². The molecule has 3 rings (SSSR count). The molecule has 26 heavy (non-hydrogen) atoms. The fourth-order valence-corrected chi connectivity index (χ4v) is 4.27. The van der Waals surface area contributed by atoms with E-state index in [1.54, 1.807) is 0 Å². The van der Waals surface area contributed by atoms with Crippen molar-refractivity contribution in [3.8, 4) is 0 Å². The monoisotopic (exact) mass is 357 g/mol. The highest BCUT2D eigenvalue weighted by molar-refractivity contribution is 5.82. The maximum atomic E-state index is 13.0. The molecule has 0 radical (unpaired) electrons. The van der Waals surface area contributed by atoms with Crippen LogP contribution in [-0.4, -0.2) is 61.4 Å². The second-order valence-corrected chi connectivity index (χ2v) is 7.69. The van der Waals surface area contributed by atoms with Gasteiger partial charge in [-0.3, -0.25) is 9.59 Å². The largest absolute Gasteiger partial charge is 0.342 e. The number of amides is 2. The summed E-state index contributed by atoms with van der Waals surface area (Å²) in [5, 5.41) is 3.23. The summed E-state index contributed by atoms with van der Waals surface area (Å²) in [4.78, 5) is 29.6. The molecule has 5 heteroatoms. The van der Waals surface area contributed by atoms with Gasteiger partial charge in [0, 0.05) is 26.2 Å². The van der Waals surface area contributed by atoms with Crippen molar-refractivity contribution in [1.29, 1.82) is 0 Å². The number of benzene rings is 1. The second kappa shape index (κ2) is 9.17. The number of hydrogen-bond acceptors (Lipinski definition) is 3. The average molecular weight is 357 g/mol. The van der Waals surface area contributed by atoms with Gasteiger partial charge in [-0.15, -0.1) is 0 Å². The van der Waals surface area contributed by atoms with E-state index in [-0.39, 0.29) is 17.7 Å². The molecular weight excluding hydrogens is 326 g/mol. The number of hydrogen-bond donors (Lipinski definition) is 1. The number of rotatable bonds is 5. The fourth-order valence-electron chi connectivity index (χ4n) is 4.27. The summed E-state index contributed by atoms with van der Waals surface area (Å²) in [6.07, 6.45) is 4.53. The van der Waals surface area contributed by atoms with Gasteiger partial charge < -0.3 is 15.1 Å². The lowest BCUT2D eigenvalue weighted by Gasteiger charge is -2.38. The molecule has 1 aromatic rings. The van der Waals surface area contributed by atoms with E-state index in [1.807, 2.05) is 47.2 Å². The number of nitrogens with zero attached hydrogens (tertiary/aromatic N) is 2. The summed E-state index contributed by atoms with van der Waals surface area (Å²) in [6, 6.07) is 9.86. The Hall–Kier alpha value is -1.88. The highest BCUT2D eigenvalue weighted by Gasteiger charge is 2.33. The van der Waals surface area contributed by atoms with E-state index in [0.29, 0.717) is 18.9 Å². The third-order valence-electron chi connectivity index (χ3n) is 5.64. The van der Waals surface area contributed by atoms with Crippen molar-refractivity contribution >= 4 is 11.8 Å². The molecule has 1 aromatic carbocycles. The van der Waals surface area contributed by atoms with Gasteiger partial charge in [0.1, 0.15) is 0 Å². The molecule has 5 nitrogen and oxygen atoms in total. The third kappa shape index (κ3) is 4.85. The van der Waals surface area contributed by atoms with Crippen LogP contribution in [0, 0.1) is 11.8 Å². The first-order chi connectivity index (χ1) is 12.7. The molecular formula is C21H31N3O2. The maximum Gasteiger partial charge on any atom is 0.227 e. The molecule has 2 atom stereocenters. The summed E-state index contributed by atoms with van der Waals surface area (Å²) in [5.74, 6) is 0.914. The maximum absolute atomic E-state index is 13.0. The van der Waals surface area contributed by atoms with Gasteiger partial charge in [0.15, 0.2) is 0 Å². The zero-order chi connectivity index (χ0) is 18.4. The summed E-state index contributed by atoms with van der Waals surface area (Å²) >= 11 is 0. The molecule has 1 N–H and O–H groups in total. The SMILES string of the molecule is CNCC1CCCN(C(=O)C2CCCN(C(=O)Cc3ccccc3)C2)C1. The van der Waals surface area contributed by atoms with Crippen LogP contribution in [0.1, 0.15) is 31.2 Å². The van der Waals surface area contributed by atoms with Crippen molar-refractivity contribution in [3.05, 3.63) is 35.9 Å². The summed E-state index contributed by atoms with van der Waals surface area (Å²) in [6.45, 7) is 4.05. The minimum absolute atomic E-state index is 0.0307. The van der Waals surface area contributed by atoms with Crippen LogP contribution in [0.5, 0.6) is 0 Å². The first-order valence-electron chi connectivity index (χ1n) is 9.92. The lowest BCUT2D eigenvalue weighted by atomic mass is 9.92. The van der Waals surface area contributed by atoms with Crippen molar-refractivity contribution < 1.29 is 9.59 Å². The first-order valence-corrected chi connectivity index (χ1v) is 9.92. The first kappa shape index (κ1) is 18.9. The smallest absolute Gasteiger partial charge is 0.227 e. The van der Waals surface area contributed by atoms with Gasteiger partial charge in [0.2, 0.25) is 11.8 Å². The normalized spacial score (nSPS) is 23.7. The van der Waals surface area contributed by atoms with Crippen molar-refractivity contribution in [2.45, 2.75) is 32.1 Å². The Balaban J connectivity index is 1.55. The summed E-state index contributed by atoms with van der Waals surface area (Å²) in [5.41, 5.74) is 1.04. The van der Waals surface area contributed by atoms with Crippen LogP contribution >= 0.6 is 0 Å². The van der Waals surface area contributed by atoms with E-state index < -0.39 is 0 Å². The van der Waals surface area contributed by atoms with Gasteiger partial charge >= 0.3 is 0 Å². The zero-order valence-electron chi connectivity index (χ0n) is 15.8. The van der Waals surface area contributed by atoms with Crippen LogP contribution in [0.15, 0.2) is 30.3 Å². The molecule has 0 saturated carbocycles. The average Bonchev–Trinajstić information content (AvgIpc) is 2.69. The van der Waals surface area contributed by atoms with E-state index in [9.17, 15) is 9.59 Å². The van der Waals surface area contributed by atoms with Crippen molar-refractivity contribution in [3.63, 3.8) is 0 Å². The Morgan fingerprint density at radius 3 is 2.54 bits per heavy atom. The van der Waals surface area contributed by atoms with E-state index in [4.69, 9.17) is 0 Å². The molecule has 0 aromatic heterocycles. The molecule has 2 heterocycles. The molecule has 2 aliphatic heterocycles. The quantitative estimate of drug-likeness (QED) is 0.876. The number of piperidine rings is 2. The Labute approximate surface area is 156 Å². The Morgan fingerprint density at radius 2 is 1.77 bits per heavy atom. The standard InChI is InChI=1S/C21H31N3O2/c1-22-14-18-9-5-12-24(15-18)21(26)19-10-6-11-23(16-19)20(25)13-17-7-3-2-4-8-17/h2-4,7-8,18-19,22H,5-6,9-16H2,1H3. The number of nitrogens with one attached hydrogen (secondary N) is 1. The van der Waals surface area contributed by atoms with Gasteiger partial charge in [-0.25, -0.2) is 0 Å². The highest BCUT2D eigenvalue weighted by atomic mass is 16.2. The summed E-state index contributed by atoms with van der Waals surface area (Å²) < 4.78 is 0.